The first-order valence-electron chi connectivity index (χ1n) is 12.1. The lowest BCUT2D eigenvalue weighted by atomic mass is 10.1. The van der Waals surface area contributed by atoms with Gasteiger partial charge < -0.3 is 20.1 Å². The van der Waals surface area contributed by atoms with Crippen molar-refractivity contribution in [2.24, 2.45) is 4.99 Å². The quantitative estimate of drug-likeness (QED) is 0.454. The fourth-order valence-corrected chi connectivity index (χ4v) is 4.41. The van der Waals surface area contributed by atoms with Crippen LogP contribution in [0.1, 0.15) is 68.3 Å². The van der Waals surface area contributed by atoms with Crippen molar-refractivity contribution >= 4 is 5.96 Å². The molecule has 4 rings (SSSR count). The number of aryl methyl sites for hydroxylation is 1. The van der Waals surface area contributed by atoms with Gasteiger partial charge in [0, 0.05) is 24.9 Å². The Bertz CT molecular complexity index is 882. The molecule has 7 nitrogen and oxygen atoms in total. The molecular formula is C25H37N5O2. The highest BCUT2D eigenvalue weighted by Crippen LogP contribution is 2.28. The van der Waals surface area contributed by atoms with Gasteiger partial charge in [0.2, 0.25) is 0 Å². The molecule has 7 heteroatoms. The van der Waals surface area contributed by atoms with E-state index in [9.17, 15) is 0 Å². The Hall–Kier alpha value is -2.54. The number of rotatable bonds is 9. The van der Waals surface area contributed by atoms with Gasteiger partial charge in [-0.2, -0.15) is 5.10 Å². The van der Waals surface area contributed by atoms with Crippen molar-refractivity contribution in [3.05, 3.63) is 47.3 Å². The van der Waals surface area contributed by atoms with Crippen LogP contribution in [0.2, 0.25) is 0 Å². The molecule has 1 aromatic heterocycles. The van der Waals surface area contributed by atoms with Crippen LogP contribution in [0.5, 0.6) is 5.75 Å². The lowest BCUT2D eigenvalue weighted by molar-refractivity contribution is 0.0676. The summed E-state index contributed by atoms with van der Waals surface area (Å²) in [5.41, 5.74) is 3.30. The van der Waals surface area contributed by atoms with E-state index in [0.717, 1.165) is 49.0 Å². The predicted octanol–water partition coefficient (Wildman–Crippen LogP) is 4.12. The minimum Gasteiger partial charge on any atom is -0.491 e. The number of nitrogens with one attached hydrogen (secondary N) is 2. The van der Waals surface area contributed by atoms with Gasteiger partial charge in [0.05, 0.1) is 30.9 Å². The number of benzene rings is 1. The Morgan fingerprint density at radius 1 is 1.19 bits per heavy atom. The van der Waals surface area contributed by atoms with Gasteiger partial charge in [0.15, 0.2) is 5.96 Å². The molecule has 174 valence electrons. The third-order valence-corrected chi connectivity index (χ3v) is 6.22. The standard InChI is InChI=1S/C25H37N5O2/c1-3-26-25(28-17-21-12-13-30(29-21)22-7-4-5-8-22)27-16-20-11-10-19(2)15-24(20)32-18-23-9-6-14-31-23/h10-13,15,22-23H,3-9,14,16-18H2,1-2H3,(H2,26,27,28). The summed E-state index contributed by atoms with van der Waals surface area (Å²) in [6.45, 7) is 7.61. The summed E-state index contributed by atoms with van der Waals surface area (Å²) in [5.74, 6) is 1.68. The molecule has 32 heavy (non-hydrogen) atoms. The normalized spacial score (nSPS) is 19.4. The molecule has 2 fully saturated rings. The number of aliphatic imine (C=N–C) groups is 1. The number of nitrogens with zero attached hydrogens (tertiary/aromatic N) is 3. The van der Waals surface area contributed by atoms with Gasteiger partial charge in [-0.3, -0.25) is 4.68 Å². The van der Waals surface area contributed by atoms with E-state index in [1.165, 1.54) is 31.2 Å². The summed E-state index contributed by atoms with van der Waals surface area (Å²) in [6.07, 6.45) is 9.62. The van der Waals surface area contributed by atoms with E-state index in [1.807, 2.05) is 0 Å². The van der Waals surface area contributed by atoms with Crippen LogP contribution in [0.4, 0.5) is 0 Å². The number of ether oxygens (including phenoxy) is 2. The zero-order valence-corrected chi connectivity index (χ0v) is 19.5. The number of hydrogen-bond donors (Lipinski definition) is 2. The molecule has 1 aliphatic carbocycles. The first-order chi connectivity index (χ1) is 15.7. The lowest BCUT2D eigenvalue weighted by Crippen LogP contribution is -2.37. The minimum atomic E-state index is 0.204. The molecule has 2 aromatic rings. The van der Waals surface area contributed by atoms with E-state index in [4.69, 9.17) is 19.6 Å². The molecule has 1 saturated heterocycles. The Labute approximate surface area is 191 Å². The molecule has 1 atom stereocenters. The highest BCUT2D eigenvalue weighted by molar-refractivity contribution is 5.79. The molecule has 0 bridgehead atoms. The van der Waals surface area contributed by atoms with Gasteiger partial charge in [-0.05, 0) is 57.2 Å². The fraction of sp³-hybridized carbons (Fsp3) is 0.600. The van der Waals surface area contributed by atoms with Gasteiger partial charge in [-0.15, -0.1) is 0 Å². The molecule has 1 unspecified atom stereocenters. The second-order valence-electron chi connectivity index (χ2n) is 8.83. The first-order valence-corrected chi connectivity index (χ1v) is 12.1. The average molecular weight is 440 g/mol. The molecule has 0 spiro atoms. The van der Waals surface area contributed by atoms with E-state index in [1.54, 1.807) is 0 Å². The largest absolute Gasteiger partial charge is 0.491 e. The third kappa shape index (κ3) is 6.25. The number of aromatic nitrogens is 2. The SMILES string of the molecule is CCNC(=NCc1ccc(C)cc1OCC1CCCO1)NCc1ccn(C2CCCC2)n1. The van der Waals surface area contributed by atoms with E-state index >= 15 is 0 Å². The van der Waals surface area contributed by atoms with Gasteiger partial charge in [-0.25, -0.2) is 4.99 Å². The molecule has 2 heterocycles. The van der Waals surface area contributed by atoms with Crippen molar-refractivity contribution in [1.29, 1.82) is 0 Å². The zero-order valence-electron chi connectivity index (χ0n) is 19.5. The van der Waals surface area contributed by atoms with Crippen LogP contribution in [0.15, 0.2) is 35.5 Å². The maximum atomic E-state index is 6.13. The van der Waals surface area contributed by atoms with Crippen LogP contribution < -0.4 is 15.4 Å². The van der Waals surface area contributed by atoms with Crippen LogP contribution in [0.3, 0.4) is 0 Å². The second kappa shape index (κ2) is 11.4. The van der Waals surface area contributed by atoms with Crippen molar-refractivity contribution in [2.45, 2.75) is 77.6 Å². The van der Waals surface area contributed by atoms with Gasteiger partial charge in [-0.1, -0.05) is 25.0 Å². The first kappa shape index (κ1) is 22.6. The van der Waals surface area contributed by atoms with Crippen LogP contribution in [0.25, 0.3) is 0 Å². The molecule has 0 amide bonds. The molecule has 2 N–H and O–H groups in total. The van der Waals surface area contributed by atoms with E-state index < -0.39 is 0 Å². The fourth-order valence-electron chi connectivity index (χ4n) is 4.41. The monoisotopic (exact) mass is 439 g/mol. The van der Waals surface area contributed by atoms with Crippen molar-refractivity contribution in [1.82, 2.24) is 20.4 Å². The van der Waals surface area contributed by atoms with Crippen molar-refractivity contribution in [2.75, 3.05) is 19.8 Å². The summed E-state index contributed by atoms with van der Waals surface area (Å²) in [7, 11) is 0. The zero-order chi connectivity index (χ0) is 22.2. The number of guanidine groups is 1. The summed E-state index contributed by atoms with van der Waals surface area (Å²) >= 11 is 0. The second-order valence-corrected chi connectivity index (χ2v) is 8.83. The molecule has 0 radical (unpaired) electrons. The molecule has 2 aliphatic rings. The Morgan fingerprint density at radius 3 is 2.84 bits per heavy atom. The van der Waals surface area contributed by atoms with Crippen LogP contribution in [0, 0.1) is 6.92 Å². The smallest absolute Gasteiger partial charge is 0.191 e. The Kier molecular flexibility index (Phi) is 8.04. The maximum Gasteiger partial charge on any atom is 0.191 e. The van der Waals surface area contributed by atoms with E-state index in [0.29, 0.717) is 25.7 Å². The van der Waals surface area contributed by atoms with Crippen LogP contribution in [-0.4, -0.2) is 41.6 Å². The maximum absolute atomic E-state index is 6.13. The van der Waals surface area contributed by atoms with Crippen LogP contribution >= 0.6 is 0 Å². The minimum absolute atomic E-state index is 0.204. The lowest BCUT2D eigenvalue weighted by Gasteiger charge is -2.15. The van der Waals surface area contributed by atoms with Gasteiger partial charge >= 0.3 is 0 Å². The number of hydrogen-bond acceptors (Lipinski definition) is 4. The topological polar surface area (TPSA) is 72.7 Å². The molecule has 1 aromatic carbocycles. The van der Waals surface area contributed by atoms with Crippen molar-refractivity contribution < 1.29 is 9.47 Å². The highest BCUT2D eigenvalue weighted by Gasteiger charge is 2.18. The van der Waals surface area contributed by atoms with Crippen molar-refractivity contribution in [3.63, 3.8) is 0 Å². The summed E-state index contributed by atoms with van der Waals surface area (Å²) in [5, 5.41) is 11.5. The Morgan fingerprint density at radius 2 is 2.06 bits per heavy atom. The average Bonchev–Trinajstić information content (AvgIpc) is 3.57. The van der Waals surface area contributed by atoms with Gasteiger partial charge in [0.1, 0.15) is 12.4 Å². The summed E-state index contributed by atoms with van der Waals surface area (Å²) in [4.78, 5) is 4.80. The summed E-state index contributed by atoms with van der Waals surface area (Å²) in [6, 6.07) is 8.98. The van der Waals surface area contributed by atoms with Gasteiger partial charge in [0.25, 0.3) is 0 Å². The molecular weight excluding hydrogens is 402 g/mol. The van der Waals surface area contributed by atoms with Crippen molar-refractivity contribution in [3.8, 4) is 5.75 Å². The molecule has 1 saturated carbocycles. The summed E-state index contributed by atoms with van der Waals surface area (Å²) < 4.78 is 14.0. The van der Waals surface area contributed by atoms with Crippen LogP contribution in [-0.2, 0) is 17.8 Å². The van der Waals surface area contributed by atoms with E-state index in [2.05, 4.69) is 59.6 Å². The predicted molar refractivity (Wildman–Crippen MR) is 127 cm³/mol. The highest BCUT2D eigenvalue weighted by atomic mass is 16.5. The van der Waals surface area contributed by atoms with E-state index in [-0.39, 0.29) is 6.10 Å². The molecule has 1 aliphatic heterocycles. The third-order valence-electron chi connectivity index (χ3n) is 6.22. The Balaban J connectivity index is 1.36.